The molecular weight excluding hydrogens is 212 g/mol. The number of likely N-dealkylation sites (tertiary alicyclic amines) is 1. The molecule has 2 rings (SSSR count). The Kier molecular flexibility index (Phi) is 4.15. The van der Waals surface area contributed by atoms with Gasteiger partial charge in [-0.3, -0.25) is 4.90 Å². The van der Waals surface area contributed by atoms with Crippen molar-refractivity contribution in [2.24, 2.45) is 5.73 Å². The monoisotopic (exact) mass is 234 g/mol. The number of piperidine rings is 1. The zero-order chi connectivity index (χ0) is 12.1. The molecule has 3 nitrogen and oxygen atoms in total. The number of hydrogen-bond donors (Lipinski definition) is 2. The lowest BCUT2D eigenvalue weighted by atomic mass is 9.89. The number of aliphatic hydroxyl groups is 1. The summed E-state index contributed by atoms with van der Waals surface area (Å²) in [6.07, 6.45) is 2.65. The normalized spacial score (nSPS) is 26.0. The van der Waals surface area contributed by atoms with Gasteiger partial charge >= 0.3 is 0 Å². The number of benzene rings is 1. The number of nitrogens with two attached hydrogens (primary N) is 1. The van der Waals surface area contributed by atoms with Crippen LogP contribution in [0, 0.1) is 0 Å². The average Bonchev–Trinajstić information content (AvgIpc) is 2.30. The molecule has 17 heavy (non-hydrogen) atoms. The van der Waals surface area contributed by atoms with Crippen molar-refractivity contribution in [2.45, 2.75) is 31.4 Å². The summed E-state index contributed by atoms with van der Waals surface area (Å²) in [5.74, 6) is 0. The Hall–Kier alpha value is -0.900. The van der Waals surface area contributed by atoms with Gasteiger partial charge in [-0.1, -0.05) is 30.3 Å². The number of nitrogens with zero attached hydrogens (tertiary/aromatic N) is 1. The van der Waals surface area contributed by atoms with E-state index in [0.717, 1.165) is 32.5 Å². The SMILES string of the molecule is NCC[C@]1(O)CCCN(Cc2ccccc2)C1. The highest BCUT2D eigenvalue weighted by molar-refractivity contribution is 5.14. The minimum absolute atomic E-state index is 0.565. The summed E-state index contributed by atoms with van der Waals surface area (Å²) in [4.78, 5) is 2.33. The van der Waals surface area contributed by atoms with E-state index in [1.807, 2.05) is 6.07 Å². The van der Waals surface area contributed by atoms with Crippen LogP contribution in [-0.4, -0.2) is 35.2 Å². The topological polar surface area (TPSA) is 49.5 Å². The molecule has 0 unspecified atom stereocenters. The largest absolute Gasteiger partial charge is 0.389 e. The van der Waals surface area contributed by atoms with E-state index in [1.54, 1.807) is 0 Å². The molecule has 0 amide bonds. The van der Waals surface area contributed by atoms with E-state index in [0.29, 0.717) is 13.0 Å². The fourth-order valence-electron chi connectivity index (χ4n) is 2.66. The van der Waals surface area contributed by atoms with Crippen molar-refractivity contribution in [3.05, 3.63) is 35.9 Å². The second-order valence-electron chi connectivity index (χ2n) is 5.06. The smallest absolute Gasteiger partial charge is 0.0786 e. The Balaban J connectivity index is 1.94. The van der Waals surface area contributed by atoms with Crippen molar-refractivity contribution in [1.29, 1.82) is 0 Å². The summed E-state index contributed by atoms with van der Waals surface area (Å²) in [7, 11) is 0. The van der Waals surface area contributed by atoms with Gasteiger partial charge in [0.15, 0.2) is 0 Å². The van der Waals surface area contributed by atoms with Gasteiger partial charge in [0.1, 0.15) is 0 Å². The molecule has 1 saturated heterocycles. The molecule has 1 aromatic carbocycles. The fourth-order valence-corrected chi connectivity index (χ4v) is 2.66. The minimum Gasteiger partial charge on any atom is -0.389 e. The predicted octanol–water partition coefficient (Wildman–Crippen LogP) is 1.36. The molecule has 0 saturated carbocycles. The van der Waals surface area contributed by atoms with Gasteiger partial charge in [0.05, 0.1) is 5.60 Å². The standard InChI is InChI=1S/C14H22N2O/c15-9-8-14(17)7-4-10-16(12-14)11-13-5-2-1-3-6-13/h1-3,5-6,17H,4,7-12,15H2/t14-/m1/s1. The van der Waals surface area contributed by atoms with Gasteiger partial charge in [-0.05, 0) is 37.9 Å². The first kappa shape index (κ1) is 12.6. The van der Waals surface area contributed by atoms with E-state index in [2.05, 4.69) is 29.2 Å². The van der Waals surface area contributed by atoms with Crippen LogP contribution in [-0.2, 0) is 6.54 Å². The number of rotatable bonds is 4. The summed E-state index contributed by atoms with van der Waals surface area (Å²) in [6, 6.07) is 10.4. The Bertz CT molecular complexity index is 337. The molecule has 1 fully saturated rings. The Labute approximate surface area is 103 Å². The first-order valence-corrected chi connectivity index (χ1v) is 6.41. The van der Waals surface area contributed by atoms with Crippen LogP contribution >= 0.6 is 0 Å². The minimum atomic E-state index is -0.568. The molecule has 0 bridgehead atoms. The van der Waals surface area contributed by atoms with E-state index in [4.69, 9.17) is 5.73 Å². The second kappa shape index (κ2) is 5.63. The maximum Gasteiger partial charge on any atom is 0.0786 e. The molecule has 94 valence electrons. The van der Waals surface area contributed by atoms with E-state index in [1.165, 1.54) is 5.56 Å². The average molecular weight is 234 g/mol. The molecule has 1 aliphatic rings. The lowest BCUT2D eigenvalue weighted by molar-refractivity contribution is -0.0373. The Morgan fingerprint density at radius 3 is 2.76 bits per heavy atom. The predicted molar refractivity (Wildman–Crippen MR) is 69.6 cm³/mol. The van der Waals surface area contributed by atoms with Crippen LogP contribution < -0.4 is 5.73 Å². The Morgan fingerprint density at radius 2 is 2.06 bits per heavy atom. The van der Waals surface area contributed by atoms with E-state index in [-0.39, 0.29) is 0 Å². The molecule has 0 spiro atoms. The summed E-state index contributed by atoms with van der Waals surface area (Å²) in [6.45, 7) is 3.31. The zero-order valence-electron chi connectivity index (χ0n) is 10.3. The number of hydrogen-bond acceptors (Lipinski definition) is 3. The van der Waals surface area contributed by atoms with Crippen molar-refractivity contribution in [3.8, 4) is 0 Å². The van der Waals surface area contributed by atoms with Gasteiger partial charge in [-0.2, -0.15) is 0 Å². The van der Waals surface area contributed by atoms with Gasteiger partial charge in [0, 0.05) is 13.1 Å². The van der Waals surface area contributed by atoms with Crippen LogP contribution in [0.25, 0.3) is 0 Å². The summed E-state index contributed by atoms with van der Waals surface area (Å²) >= 11 is 0. The van der Waals surface area contributed by atoms with Gasteiger partial charge in [0.2, 0.25) is 0 Å². The van der Waals surface area contributed by atoms with Crippen molar-refractivity contribution in [1.82, 2.24) is 4.90 Å². The molecule has 0 aromatic heterocycles. The second-order valence-corrected chi connectivity index (χ2v) is 5.06. The van der Waals surface area contributed by atoms with Crippen LogP contribution in [0.15, 0.2) is 30.3 Å². The van der Waals surface area contributed by atoms with Crippen molar-refractivity contribution in [2.75, 3.05) is 19.6 Å². The van der Waals surface area contributed by atoms with Crippen molar-refractivity contribution < 1.29 is 5.11 Å². The molecule has 3 N–H and O–H groups in total. The van der Waals surface area contributed by atoms with Crippen LogP contribution in [0.1, 0.15) is 24.8 Å². The molecule has 1 aromatic rings. The lowest BCUT2D eigenvalue weighted by Gasteiger charge is -2.39. The first-order chi connectivity index (χ1) is 8.22. The van der Waals surface area contributed by atoms with Crippen molar-refractivity contribution >= 4 is 0 Å². The quantitative estimate of drug-likeness (QED) is 0.827. The van der Waals surface area contributed by atoms with Gasteiger partial charge < -0.3 is 10.8 Å². The highest BCUT2D eigenvalue weighted by Gasteiger charge is 2.32. The third-order valence-corrected chi connectivity index (χ3v) is 3.49. The highest BCUT2D eigenvalue weighted by atomic mass is 16.3. The van der Waals surface area contributed by atoms with Crippen LogP contribution in [0.3, 0.4) is 0 Å². The van der Waals surface area contributed by atoms with E-state index in [9.17, 15) is 5.11 Å². The number of β-amino-alcohol motifs (C(OH)–C–C–N with tert-alkyl or cyclic N) is 1. The summed E-state index contributed by atoms with van der Waals surface area (Å²) in [5.41, 5.74) is 6.31. The molecule has 1 atom stereocenters. The van der Waals surface area contributed by atoms with Gasteiger partial charge in [-0.15, -0.1) is 0 Å². The zero-order valence-corrected chi connectivity index (χ0v) is 10.3. The van der Waals surface area contributed by atoms with Crippen LogP contribution in [0.5, 0.6) is 0 Å². The molecule has 0 radical (unpaired) electrons. The van der Waals surface area contributed by atoms with Gasteiger partial charge in [-0.25, -0.2) is 0 Å². The van der Waals surface area contributed by atoms with E-state index >= 15 is 0 Å². The fraction of sp³-hybridized carbons (Fsp3) is 0.571. The first-order valence-electron chi connectivity index (χ1n) is 6.41. The summed E-state index contributed by atoms with van der Waals surface area (Å²) in [5, 5.41) is 10.4. The lowest BCUT2D eigenvalue weighted by Crippen LogP contribution is -2.48. The molecule has 3 heteroatoms. The molecule has 1 heterocycles. The van der Waals surface area contributed by atoms with Gasteiger partial charge in [0.25, 0.3) is 0 Å². The van der Waals surface area contributed by atoms with Crippen LogP contribution in [0.2, 0.25) is 0 Å². The maximum absolute atomic E-state index is 10.4. The maximum atomic E-state index is 10.4. The van der Waals surface area contributed by atoms with Crippen LogP contribution in [0.4, 0.5) is 0 Å². The van der Waals surface area contributed by atoms with E-state index < -0.39 is 5.60 Å². The molecule has 0 aliphatic carbocycles. The third kappa shape index (κ3) is 3.53. The summed E-state index contributed by atoms with van der Waals surface area (Å²) < 4.78 is 0. The Morgan fingerprint density at radius 1 is 1.29 bits per heavy atom. The molecule has 1 aliphatic heterocycles. The third-order valence-electron chi connectivity index (χ3n) is 3.49. The molecular formula is C14H22N2O. The highest BCUT2D eigenvalue weighted by Crippen LogP contribution is 2.24. The van der Waals surface area contributed by atoms with Crippen molar-refractivity contribution in [3.63, 3.8) is 0 Å².